The largest absolute Gasteiger partial charge is 0.466 e. The number of ether oxygens (including phenoxy) is 1. The van der Waals surface area contributed by atoms with Crippen LogP contribution in [0.2, 0.25) is 0 Å². The third-order valence-electron chi connectivity index (χ3n) is 3.45. The molecule has 9 nitrogen and oxygen atoms in total. The van der Waals surface area contributed by atoms with Gasteiger partial charge in [0.25, 0.3) is 5.91 Å². The molecule has 1 aromatic rings. The van der Waals surface area contributed by atoms with Gasteiger partial charge in [-0.15, -0.1) is 0 Å². The molecule has 1 amide bonds. The van der Waals surface area contributed by atoms with Gasteiger partial charge in [-0.3, -0.25) is 14.9 Å². The zero-order chi connectivity index (χ0) is 18.7. The number of nitrogens with one attached hydrogen (secondary N) is 1. The molecule has 0 unspecified atom stereocenters. The van der Waals surface area contributed by atoms with Crippen LogP contribution in [0.3, 0.4) is 0 Å². The van der Waals surface area contributed by atoms with Crippen molar-refractivity contribution >= 4 is 39.2 Å². The minimum absolute atomic E-state index is 0.000159. The van der Waals surface area contributed by atoms with Gasteiger partial charge in [-0.2, -0.15) is 4.39 Å². The molecule has 0 saturated carbocycles. The van der Waals surface area contributed by atoms with Crippen LogP contribution in [-0.2, 0) is 14.3 Å². The average Bonchev–Trinajstić information content (AvgIpc) is 2.86. The van der Waals surface area contributed by atoms with Crippen molar-refractivity contribution in [1.29, 1.82) is 0 Å². The number of benzene rings is 1. The van der Waals surface area contributed by atoms with Gasteiger partial charge in [-0.1, -0.05) is 0 Å². The topological polar surface area (TPSA) is 122 Å². The Morgan fingerprint density at radius 1 is 1.56 bits per heavy atom. The molecule has 0 saturated heterocycles. The maximum atomic E-state index is 13.6. The number of rotatable bonds is 6. The fourth-order valence-electron chi connectivity index (χ4n) is 2.26. The minimum Gasteiger partial charge on any atom is -0.466 e. The number of nitrogens with zero attached hydrogens (tertiary/aromatic N) is 2. The third-order valence-corrected chi connectivity index (χ3v) is 4.10. The number of nitro benzene ring substituents is 1. The standard InChI is InChI=1S/C14H13BrFN3O6/c1-25-14(22)7-6-18(2-3-20)13(21)12(7)17-10-5-11(19(23)24)9(16)4-8(10)15/h4-5,17,20H,2-3,6H2,1H3. The summed E-state index contributed by atoms with van der Waals surface area (Å²) in [6.07, 6.45) is 0. The zero-order valence-electron chi connectivity index (χ0n) is 12.9. The number of methoxy groups -OCH3 is 1. The molecule has 134 valence electrons. The highest BCUT2D eigenvalue weighted by Crippen LogP contribution is 2.32. The van der Waals surface area contributed by atoms with Crippen molar-refractivity contribution in [2.45, 2.75) is 0 Å². The number of aliphatic hydroxyl groups is 1. The van der Waals surface area contributed by atoms with Gasteiger partial charge in [0.15, 0.2) is 0 Å². The summed E-state index contributed by atoms with van der Waals surface area (Å²) in [5, 5.41) is 22.5. The van der Waals surface area contributed by atoms with E-state index < -0.39 is 28.3 Å². The van der Waals surface area contributed by atoms with E-state index in [-0.39, 0.29) is 41.1 Å². The predicted octanol–water partition coefficient (Wildman–Crippen LogP) is 1.17. The molecule has 25 heavy (non-hydrogen) atoms. The Balaban J connectivity index is 2.45. The molecular weight excluding hydrogens is 405 g/mol. The summed E-state index contributed by atoms with van der Waals surface area (Å²) in [5.74, 6) is -2.40. The molecule has 2 rings (SSSR count). The van der Waals surface area contributed by atoms with E-state index in [0.29, 0.717) is 0 Å². The Kier molecular flexibility index (Phi) is 5.69. The summed E-state index contributed by atoms with van der Waals surface area (Å²) >= 11 is 3.05. The quantitative estimate of drug-likeness (QED) is 0.404. The molecule has 0 atom stereocenters. The van der Waals surface area contributed by atoms with E-state index in [1.54, 1.807) is 0 Å². The molecule has 0 fully saturated rings. The molecule has 1 aliphatic rings. The predicted molar refractivity (Wildman–Crippen MR) is 87.1 cm³/mol. The molecular formula is C14H13BrFN3O6. The highest BCUT2D eigenvalue weighted by atomic mass is 79.9. The third kappa shape index (κ3) is 3.77. The van der Waals surface area contributed by atoms with Crippen LogP contribution < -0.4 is 5.32 Å². The highest BCUT2D eigenvalue weighted by molar-refractivity contribution is 9.10. The van der Waals surface area contributed by atoms with Crippen LogP contribution in [0.25, 0.3) is 0 Å². The average molecular weight is 418 g/mol. The number of aliphatic hydroxyl groups excluding tert-OH is 1. The summed E-state index contributed by atoms with van der Waals surface area (Å²) in [7, 11) is 1.14. The summed E-state index contributed by atoms with van der Waals surface area (Å²) in [5.41, 5.74) is -0.908. The second-order valence-corrected chi connectivity index (χ2v) is 5.82. The van der Waals surface area contributed by atoms with E-state index >= 15 is 0 Å². The van der Waals surface area contributed by atoms with Crippen molar-refractivity contribution in [2.24, 2.45) is 0 Å². The molecule has 0 spiro atoms. The minimum atomic E-state index is -1.05. The normalized spacial score (nSPS) is 14.1. The van der Waals surface area contributed by atoms with E-state index in [9.17, 15) is 24.1 Å². The van der Waals surface area contributed by atoms with Crippen molar-refractivity contribution < 1.29 is 28.7 Å². The lowest BCUT2D eigenvalue weighted by molar-refractivity contribution is -0.387. The molecule has 0 aromatic heterocycles. The maximum Gasteiger partial charge on any atom is 0.337 e. The first kappa shape index (κ1) is 18.8. The van der Waals surface area contributed by atoms with Crippen LogP contribution in [0.4, 0.5) is 15.8 Å². The second kappa shape index (κ2) is 7.57. The maximum absolute atomic E-state index is 13.6. The van der Waals surface area contributed by atoms with E-state index in [1.165, 1.54) is 4.90 Å². The number of carbonyl (C=O) groups is 2. The van der Waals surface area contributed by atoms with Gasteiger partial charge >= 0.3 is 11.7 Å². The van der Waals surface area contributed by atoms with Gasteiger partial charge in [0.05, 0.1) is 36.4 Å². The zero-order valence-corrected chi connectivity index (χ0v) is 14.5. The van der Waals surface area contributed by atoms with E-state index in [0.717, 1.165) is 19.2 Å². The van der Waals surface area contributed by atoms with Crippen LogP contribution in [0, 0.1) is 15.9 Å². The lowest BCUT2D eigenvalue weighted by atomic mass is 10.2. The van der Waals surface area contributed by atoms with Crippen molar-refractivity contribution in [3.05, 3.63) is 43.8 Å². The van der Waals surface area contributed by atoms with Crippen molar-refractivity contribution in [2.75, 3.05) is 32.1 Å². The Hall–Kier alpha value is -2.53. The summed E-state index contributed by atoms with van der Waals surface area (Å²) in [6, 6.07) is 1.78. The monoisotopic (exact) mass is 417 g/mol. The SMILES string of the molecule is COC(=O)C1=C(Nc2cc([N+](=O)[O-])c(F)cc2Br)C(=O)N(CCO)C1. The number of esters is 1. The van der Waals surface area contributed by atoms with Gasteiger partial charge in [-0.05, 0) is 22.0 Å². The number of hydrogen-bond acceptors (Lipinski definition) is 7. The number of β-amino-alcohol motifs (C(OH)–C–C–N with tert-alkyl or cyclic N) is 1. The van der Waals surface area contributed by atoms with Crippen molar-refractivity contribution in [3.8, 4) is 0 Å². The number of carbonyl (C=O) groups excluding carboxylic acids is 2. The first-order chi connectivity index (χ1) is 11.8. The van der Waals surface area contributed by atoms with Crippen molar-refractivity contribution in [1.82, 2.24) is 4.90 Å². The van der Waals surface area contributed by atoms with Crippen LogP contribution in [-0.4, -0.2) is 53.6 Å². The Morgan fingerprint density at radius 3 is 2.80 bits per heavy atom. The van der Waals surface area contributed by atoms with E-state index in [2.05, 4.69) is 26.0 Å². The number of anilines is 1. The molecule has 11 heteroatoms. The molecule has 0 aliphatic carbocycles. The van der Waals surface area contributed by atoms with Gasteiger partial charge in [0.2, 0.25) is 5.82 Å². The number of halogens is 2. The highest BCUT2D eigenvalue weighted by Gasteiger charge is 2.35. The fraction of sp³-hybridized carbons (Fsp3) is 0.286. The molecule has 1 aromatic carbocycles. The van der Waals surface area contributed by atoms with Gasteiger partial charge < -0.3 is 20.1 Å². The van der Waals surface area contributed by atoms with Crippen molar-refractivity contribution in [3.63, 3.8) is 0 Å². The Morgan fingerprint density at radius 2 is 2.24 bits per heavy atom. The molecule has 1 heterocycles. The summed E-state index contributed by atoms with van der Waals surface area (Å²) in [4.78, 5) is 35.5. The van der Waals surface area contributed by atoms with Gasteiger partial charge in [-0.25, -0.2) is 4.79 Å². The van der Waals surface area contributed by atoms with E-state index in [1.807, 2.05) is 0 Å². The summed E-state index contributed by atoms with van der Waals surface area (Å²) < 4.78 is 18.4. The first-order valence-corrected chi connectivity index (χ1v) is 7.71. The molecule has 1 aliphatic heterocycles. The molecule has 2 N–H and O–H groups in total. The Labute approximate surface area is 149 Å². The van der Waals surface area contributed by atoms with Crippen LogP contribution >= 0.6 is 15.9 Å². The van der Waals surface area contributed by atoms with Crippen LogP contribution in [0.5, 0.6) is 0 Å². The second-order valence-electron chi connectivity index (χ2n) is 4.96. The molecule has 0 radical (unpaired) electrons. The lowest BCUT2D eigenvalue weighted by Gasteiger charge is -2.15. The van der Waals surface area contributed by atoms with Gasteiger partial charge in [0, 0.05) is 17.1 Å². The fourth-order valence-corrected chi connectivity index (χ4v) is 2.67. The first-order valence-electron chi connectivity index (χ1n) is 6.92. The number of amides is 1. The van der Waals surface area contributed by atoms with Crippen LogP contribution in [0.15, 0.2) is 27.9 Å². The smallest absolute Gasteiger partial charge is 0.337 e. The summed E-state index contributed by atoms with van der Waals surface area (Å²) in [6.45, 7) is -0.399. The number of hydrogen-bond donors (Lipinski definition) is 2. The number of nitro groups is 1. The molecule has 0 bridgehead atoms. The van der Waals surface area contributed by atoms with Gasteiger partial charge in [0.1, 0.15) is 5.70 Å². The van der Waals surface area contributed by atoms with Crippen LogP contribution in [0.1, 0.15) is 0 Å². The lowest BCUT2D eigenvalue weighted by Crippen LogP contribution is -2.31. The Bertz CT molecular complexity index is 782. The van der Waals surface area contributed by atoms with E-state index in [4.69, 9.17) is 5.11 Å².